The van der Waals surface area contributed by atoms with Gasteiger partial charge in [0.05, 0.1) is 17.9 Å². The van der Waals surface area contributed by atoms with Crippen LogP contribution in [-0.4, -0.2) is 24.6 Å². The molecular weight excluding hydrogens is 276 g/mol. The molecule has 0 aromatic carbocycles. The molecular formula is C18H30N2O2. The van der Waals surface area contributed by atoms with E-state index in [-0.39, 0.29) is 11.2 Å². The maximum Gasteiger partial charge on any atom is 0.167 e. The Kier molecular flexibility index (Phi) is 7.52. The highest BCUT2D eigenvalue weighted by Gasteiger charge is 2.35. The molecule has 0 bridgehead atoms. The summed E-state index contributed by atoms with van der Waals surface area (Å²) >= 11 is 0. The Labute approximate surface area is 134 Å². The average Bonchev–Trinajstić information content (AvgIpc) is 2.43. The van der Waals surface area contributed by atoms with Gasteiger partial charge in [0.15, 0.2) is 5.78 Å². The lowest BCUT2D eigenvalue weighted by molar-refractivity contribution is -0.117. The molecule has 0 aromatic rings. The summed E-state index contributed by atoms with van der Waals surface area (Å²) in [7, 11) is 0. The first kappa shape index (κ1) is 18.6. The van der Waals surface area contributed by atoms with Crippen LogP contribution >= 0.6 is 0 Å². The van der Waals surface area contributed by atoms with Crippen molar-refractivity contribution in [1.29, 1.82) is 0 Å². The fourth-order valence-corrected chi connectivity index (χ4v) is 2.68. The summed E-state index contributed by atoms with van der Waals surface area (Å²) in [5.41, 5.74) is 5.48. The third kappa shape index (κ3) is 5.41. The van der Waals surface area contributed by atoms with E-state index in [0.29, 0.717) is 13.0 Å². The van der Waals surface area contributed by atoms with E-state index in [1.165, 1.54) is 0 Å². The molecule has 0 spiro atoms. The third-order valence-corrected chi connectivity index (χ3v) is 3.58. The minimum atomic E-state index is -0.0214. The molecule has 124 valence electrons. The van der Waals surface area contributed by atoms with Crippen LogP contribution in [0.25, 0.3) is 0 Å². The van der Waals surface area contributed by atoms with Gasteiger partial charge in [0.1, 0.15) is 0 Å². The number of hydrogen-bond acceptors (Lipinski definition) is 4. The topological polar surface area (TPSA) is 50.7 Å². The van der Waals surface area contributed by atoms with Gasteiger partial charge in [0.2, 0.25) is 0 Å². The van der Waals surface area contributed by atoms with Gasteiger partial charge in [-0.15, -0.1) is 6.58 Å². The average molecular weight is 306 g/mol. The number of Topliss-reactive ketones (excluding diaryl/α,β-unsaturated/α-hetero) is 1. The zero-order chi connectivity index (χ0) is 16.6. The number of hydroxylamine groups is 1. The standard InChI is InChI=1S/C18H30N2O2/c1-6-9-14(20-22-11-8-3)17-15(19-10-7-2)12-18(4,5)13-16(17)21/h8,20H,3,6-7,9-13H2,1-2,4-5H3/b17-14+,19-15?. The first-order valence-electron chi connectivity index (χ1n) is 8.24. The first-order valence-corrected chi connectivity index (χ1v) is 8.24. The van der Waals surface area contributed by atoms with Crippen molar-refractivity contribution < 1.29 is 9.63 Å². The van der Waals surface area contributed by atoms with Crippen molar-refractivity contribution in [3.63, 3.8) is 0 Å². The first-order chi connectivity index (χ1) is 10.4. The fraction of sp³-hybridized carbons (Fsp3) is 0.667. The maximum absolute atomic E-state index is 12.7. The Bertz CT molecular complexity index is 462. The lowest BCUT2D eigenvalue weighted by Gasteiger charge is -2.32. The molecule has 0 aliphatic heterocycles. The van der Waals surface area contributed by atoms with Gasteiger partial charge in [-0.1, -0.05) is 40.2 Å². The number of hydrogen-bond donors (Lipinski definition) is 1. The molecule has 4 nitrogen and oxygen atoms in total. The molecule has 4 heteroatoms. The number of aliphatic imine (C=N–C) groups is 1. The Morgan fingerprint density at radius 3 is 2.68 bits per heavy atom. The van der Waals surface area contributed by atoms with Crippen LogP contribution < -0.4 is 5.48 Å². The van der Waals surface area contributed by atoms with Gasteiger partial charge in [0, 0.05) is 18.7 Å². The molecule has 1 N–H and O–H groups in total. The SMILES string of the molecule is C=CCON/C(CCC)=C1/C(=O)CC(C)(C)CC1=NCCC. The second-order valence-electron chi connectivity index (χ2n) is 6.57. The van der Waals surface area contributed by atoms with Crippen molar-refractivity contribution in [2.45, 2.75) is 59.8 Å². The van der Waals surface area contributed by atoms with E-state index in [0.717, 1.165) is 49.2 Å². The zero-order valence-corrected chi connectivity index (χ0v) is 14.5. The lowest BCUT2D eigenvalue weighted by atomic mass is 9.73. The van der Waals surface area contributed by atoms with Gasteiger partial charge in [-0.3, -0.25) is 20.1 Å². The highest BCUT2D eigenvalue weighted by atomic mass is 16.6. The van der Waals surface area contributed by atoms with Crippen molar-refractivity contribution in [1.82, 2.24) is 5.48 Å². The van der Waals surface area contributed by atoms with Gasteiger partial charge in [0.25, 0.3) is 0 Å². The van der Waals surface area contributed by atoms with Gasteiger partial charge in [-0.05, 0) is 24.7 Å². The maximum atomic E-state index is 12.7. The molecule has 0 radical (unpaired) electrons. The molecule has 0 atom stereocenters. The van der Waals surface area contributed by atoms with Crippen LogP contribution in [0.1, 0.15) is 59.8 Å². The Balaban J connectivity index is 3.16. The van der Waals surface area contributed by atoms with E-state index in [1.54, 1.807) is 6.08 Å². The number of nitrogens with one attached hydrogen (secondary N) is 1. The molecule has 0 aromatic heterocycles. The molecule has 0 heterocycles. The quantitative estimate of drug-likeness (QED) is 0.319. The number of ketones is 1. The van der Waals surface area contributed by atoms with Gasteiger partial charge in [-0.25, -0.2) is 0 Å². The van der Waals surface area contributed by atoms with E-state index < -0.39 is 0 Å². The van der Waals surface area contributed by atoms with Gasteiger partial charge >= 0.3 is 0 Å². The summed E-state index contributed by atoms with van der Waals surface area (Å²) in [5, 5.41) is 0. The molecule has 1 aliphatic carbocycles. The highest BCUT2D eigenvalue weighted by Crippen LogP contribution is 2.35. The molecule has 1 rings (SSSR count). The largest absolute Gasteiger partial charge is 0.294 e. The van der Waals surface area contributed by atoms with Crippen LogP contribution in [0.5, 0.6) is 0 Å². The summed E-state index contributed by atoms with van der Waals surface area (Å²) < 4.78 is 0. The van der Waals surface area contributed by atoms with Crippen LogP contribution in [0, 0.1) is 5.41 Å². The molecule has 22 heavy (non-hydrogen) atoms. The molecule has 0 unspecified atom stereocenters. The normalized spacial score (nSPS) is 21.8. The number of carbonyl (C=O) groups excluding carboxylic acids is 1. The number of nitrogens with zero attached hydrogens (tertiary/aromatic N) is 1. The smallest absolute Gasteiger partial charge is 0.167 e. The number of allylic oxidation sites excluding steroid dienone is 2. The summed E-state index contributed by atoms with van der Waals surface area (Å²) in [6.07, 6.45) is 5.78. The van der Waals surface area contributed by atoms with Crippen LogP contribution in [0.2, 0.25) is 0 Å². The molecule has 0 saturated heterocycles. The van der Waals surface area contributed by atoms with Crippen molar-refractivity contribution >= 4 is 11.5 Å². The third-order valence-electron chi connectivity index (χ3n) is 3.58. The van der Waals surface area contributed by atoms with E-state index in [2.05, 4.69) is 44.7 Å². The molecule has 0 amide bonds. The summed E-state index contributed by atoms with van der Waals surface area (Å²) in [6, 6.07) is 0. The monoisotopic (exact) mass is 306 g/mol. The predicted octanol–water partition coefficient (Wildman–Crippen LogP) is 3.99. The lowest BCUT2D eigenvalue weighted by Crippen LogP contribution is -2.35. The number of rotatable bonds is 8. The van der Waals surface area contributed by atoms with Crippen molar-refractivity contribution in [3.8, 4) is 0 Å². The van der Waals surface area contributed by atoms with Crippen LogP contribution in [-0.2, 0) is 9.63 Å². The van der Waals surface area contributed by atoms with E-state index in [9.17, 15) is 4.79 Å². The summed E-state index contributed by atoms with van der Waals surface area (Å²) in [6.45, 7) is 13.2. The Morgan fingerprint density at radius 1 is 1.36 bits per heavy atom. The van der Waals surface area contributed by atoms with Crippen LogP contribution in [0.3, 0.4) is 0 Å². The highest BCUT2D eigenvalue weighted by molar-refractivity contribution is 6.24. The van der Waals surface area contributed by atoms with Crippen LogP contribution in [0.4, 0.5) is 0 Å². The Hall–Kier alpha value is -1.42. The van der Waals surface area contributed by atoms with Gasteiger partial charge in [-0.2, -0.15) is 0 Å². The van der Waals surface area contributed by atoms with Crippen molar-refractivity contribution in [3.05, 3.63) is 23.9 Å². The minimum absolute atomic E-state index is 0.0214. The summed E-state index contributed by atoms with van der Waals surface area (Å²) in [5.74, 6) is 0.171. The predicted molar refractivity (Wildman–Crippen MR) is 91.8 cm³/mol. The second-order valence-corrected chi connectivity index (χ2v) is 6.57. The number of carbonyl (C=O) groups is 1. The van der Waals surface area contributed by atoms with Crippen molar-refractivity contribution in [2.75, 3.05) is 13.2 Å². The van der Waals surface area contributed by atoms with Gasteiger partial charge < -0.3 is 0 Å². The molecule has 1 fully saturated rings. The fourth-order valence-electron chi connectivity index (χ4n) is 2.68. The second kappa shape index (κ2) is 8.89. The summed E-state index contributed by atoms with van der Waals surface area (Å²) in [4.78, 5) is 22.7. The van der Waals surface area contributed by atoms with E-state index in [4.69, 9.17) is 4.84 Å². The molecule has 1 saturated carbocycles. The Morgan fingerprint density at radius 2 is 2.09 bits per heavy atom. The van der Waals surface area contributed by atoms with Crippen molar-refractivity contribution in [2.24, 2.45) is 10.4 Å². The minimum Gasteiger partial charge on any atom is -0.294 e. The zero-order valence-electron chi connectivity index (χ0n) is 14.5. The van der Waals surface area contributed by atoms with Crippen LogP contribution in [0.15, 0.2) is 28.9 Å². The van der Waals surface area contributed by atoms with E-state index >= 15 is 0 Å². The molecule has 1 aliphatic rings. The van der Waals surface area contributed by atoms with E-state index in [1.807, 2.05) is 0 Å².